The van der Waals surface area contributed by atoms with Crippen molar-refractivity contribution in [2.45, 2.75) is 32.2 Å². The quantitative estimate of drug-likeness (QED) is 0.619. The predicted octanol–water partition coefficient (Wildman–Crippen LogP) is 2.93. The molecule has 1 heterocycles. The first-order chi connectivity index (χ1) is 8.81. The van der Waals surface area contributed by atoms with E-state index in [4.69, 9.17) is 5.84 Å². The fourth-order valence-electron chi connectivity index (χ4n) is 2.05. The zero-order valence-electron chi connectivity index (χ0n) is 10.7. The SMILES string of the molecule is CCc1ccc(CC(Cc2ccccc2)NN)s1. The van der Waals surface area contributed by atoms with E-state index >= 15 is 0 Å². The van der Waals surface area contributed by atoms with Gasteiger partial charge in [0.15, 0.2) is 0 Å². The minimum absolute atomic E-state index is 0.302. The topological polar surface area (TPSA) is 38.0 Å². The smallest absolute Gasteiger partial charge is 0.0299 e. The van der Waals surface area contributed by atoms with Crippen LogP contribution in [0.3, 0.4) is 0 Å². The van der Waals surface area contributed by atoms with Gasteiger partial charge in [0, 0.05) is 15.8 Å². The summed E-state index contributed by atoms with van der Waals surface area (Å²) in [7, 11) is 0. The van der Waals surface area contributed by atoms with Crippen LogP contribution >= 0.6 is 11.3 Å². The van der Waals surface area contributed by atoms with Crippen LogP contribution in [0.1, 0.15) is 22.2 Å². The molecule has 3 heteroatoms. The Balaban J connectivity index is 1.97. The second kappa shape index (κ2) is 6.69. The Labute approximate surface area is 113 Å². The molecular weight excluding hydrogens is 240 g/mol. The lowest BCUT2D eigenvalue weighted by Crippen LogP contribution is -2.38. The highest BCUT2D eigenvalue weighted by Gasteiger charge is 2.10. The zero-order chi connectivity index (χ0) is 12.8. The van der Waals surface area contributed by atoms with Crippen molar-refractivity contribution in [2.75, 3.05) is 0 Å². The molecule has 0 fully saturated rings. The lowest BCUT2D eigenvalue weighted by molar-refractivity contribution is 0.526. The lowest BCUT2D eigenvalue weighted by Gasteiger charge is -2.14. The van der Waals surface area contributed by atoms with Crippen molar-refractivity contribution in [1.29, 1.82) is 0 Å². The molecule has 0 aliphatic carbocycles. The monoisotopic (exact) mass is 260 g/mol. The van der Waals surface area contributed by atoms with Gasteiger partial charge in [-0.1, -0.05) is 37.3 Å². The summed E-state index contributed by atoms with van der Waals surface area (Å²) in [6, 6.07) is 15.2. The maximum Gasteiger partial charge on any atom is 0.0299 e. The molecule has 1 aromatic heterocycles. The highest BCUT2D eigenvalue weighted by molar-refractivity contribution is 7.11. The molecule has 2 nitrogen and oxygen atoms in total. The first-order valence-corrected chi connectivity index (χ1v) is 7.21. The largest absolute Gasteiger partial charge is 0.271 e. The summed E-state index contributed by atoms with van der Waals surface area (Å²) in [4.78, 5) is 2.85. The molecule has 0 aliphatic heterocycles. The molecule has 18 heavy (non-hydrogen) atoms. The second-order valence-electron chi connectivity index (χ2n) is 4.48. The number of hydrogen-bond donors (Lipinski definition) is 2. The van der Waals surface area contributed by atoms with E-state index < -0.39 is 0 Å². The molecule has 0 amide bonds. The zero-order valence-corrected chi connectivity index (χ0v) is 11.5. The summed E-state index contributed by atoms with van der Waals surface area (Å²) >= 11 is 1.89. The Morgan fingerprint density at radius 1 is 1.06 bits per heavy atom. The van der Waals surface area contributed by atoms with E-state index in [-0.39, 0.29) is 0 Å². The second-order valence-corrected chi connectivity index (χ2v) is 5.73. The average molecular weight is 260 g/mol. The normalized spacial score (nSPS) is 12.6. The van der Waals surface area contributed by atoms with Crippen LogP contribution in [-0.4, -0.2) is 6.04 Å². The van der Waals surface area contributed by atoms with Gasteiger partial charge < -0.3 is 0 Å². The van der Waals surface area contributed by atoms with Crippen LogP contribution in [0.2, 0.25) is 0 Å². The van der Waals surface area contributed by atoms with Crippen molar-refractivity contribution in [2.24, 2.45) is 5.84 Å². The Morgan fingerprint density at radius 3 is 2.39 bits per heavy atom. The van der Waals surface area contributed by atoms with Gasteiger partial charge in [-0.2, -0.15) is 0 Å². The van der Waals surface area contributed by atoms with Gasteiger partial charge in [-0.15, -0.1) is 11.3 Å². The van der Waals surface area contributed by atoms with E-state index in [1.807, 2.05) is 17.4 Å². The van der Waals surface area contributed by atoms with Crippen molar-refractivity contribution < 1.29 is 0 Å². The van der Waals surface area contributed by atoms with Gasteiger partial charge in [0.1, 0.15) is 0 Å². The molecule has 0 saturated heterocycles. The summed E-state index contributed by atoms with van der Waals surface area (Å²) in [5.74, 6) is 5.66. The number of aryl methyl sites for hydroxylation is 1. The fraction of sp³-hybridized carbons (Fsp3) is 0.333. The summed E-state index contributed by atoms with van der Waals surface area (Å²) in [6.45, 7) is 2.19. The van der Waals surface area contributed by atoms with Gasteiger partial charge in [0.25, 0.3) is 0 Å². The van der Waals surface area contributed by atoms with Crippen LogP contribution < -0.4 is 11.3 Å². The Bertz CT molecular complexity index is 464. The van der Waals surface area contributed by atoms with Crippen LogP contribution in [-0.2, 0) is 19.3 Å². The molecule has 1 unspecified atom stereocenters. The number of rotatable bonds is 6. The summed E-state index contributed by atoms with van der Waals surface area (Å²) in [5.41, 5.74) is 4.26. The van der Waals surface area contributed by atoms with E-state index in [2.05, 4.69) is 48.7 Å². The maximum absolute atomic E-state index is 5.66. The maximum atomic E-state index is 5.66. The first kappa shape index (κ1) is 13.3. The Hall–Kier alpha value is -1.16. The highest BCUT2D eigenvalue weighted by atomic mass is 32.1. The molecule has 0 spiro atoms. The fourth-order valence-corrected chi connectivity index (χ4v) is 3.09. The Kier molecular flexibility index (Phi) is 4.93. The van der Waals surface area contributed by atoms with E-state index in [0.717, 1.165) is 19.3 Å². The highest BCUT2D eigenvalue weighted by Crippen LogP contribution is 2.19. The molecule has 0 saturated carbocycles. The van der Waals surface area contributed by atoms with Crippen molar-refractivity contribution in [1.82, 2.24) is 5.43 Å². The molecule has 2 rings (SSSR count). The third-order valence-corrected chi connectivity index (χ3v) is 4.33. The number of benzene rings is 1. The minimum Gasteiger partial charge on any atom is -0.271 e. The van der Waals surface area contributed by atoms with Crippen molar-refractivity contribution >= 4 is 11.3 Å². The van der Waals surface area contributed by atoms with Gasteiger partial charge in [0.05, 0.1) is 0 Å². The van der Waals surface area contributed by atoms with Gasteiger partial charge >= 0.3 is 0 Å². The van der Waals surface area contributed by atoms with Crippen LogP contribution in [0.15, 0.2) is 42.5 Å². The first-order valence-electron chi connectivity index (χ1n) is 6.39. The molecule has 2 aromatic rings. The number of hydrazine groups is 1. The summed E-state index contributed by atoms with van der Waals surface area (Å²) in [5, 5.41) is 0. The van der Waals surface area contributed by atoms with Crippen LogP contribution in [0.4, 0.5) is 0 Å². The number of hydrogen-bond acceptors (Lipinski definition) is 3. The molecule has 0 bridgehead atoms. The van der Waals surface area contributed by atoms with Crippen molar-refractivity contribution in [3.05, 3.63) is 57.8 Å². The number of nitrogens with one attached hydrogen (secondary N) is 1. The third-order valence-electron chi connectivity index (χ3n) is 3.07. The van der Waals surface area contributed by atoms with Crippen LogP contribution in [0, 0.1) is 0 Å². The van der Waals surface area contributed by atoms with Crippen LogP contribution in [0.5, 0.6) is 0 Å². The Morgan fingerprint density at radius 2 is 1.78 bits per heavy atom. The number of nitrogens with two attached hydrogens (primary N) is 1. The van der Waals surface area contributed by atoms with E-state index in [1.165, 1.54) is 15.3 Å². The molecule has 0 aliphatic rings. The minimum atomic E-state index is 0.302. The summed E-state index contributed by atoms with van der Waals surface area (Å²) in [6.07, 6.45) is 3.08. The van der Waals surface area contributed by atoms with Gasteiger partial charge in [-0.25, -0.2) is 0 Å². The van der Waals surface area contributed by atoms with Crippen LogP contribution in [0.25, 0.3) is 0 Å². The number of thiophene rings is 1. The molecule has 0 radical (unpaired) electrons. The lowest BCUT2D eigenvalue weighted by atomic mass is 10.0. The average Bonchev–Trinajstić information content (AvgIpc) is 2.87. The van der Waals surface area contributed by atoms with Gasteiger partial charge in [0.2, 0.25) is 0 Å². The molecule has 1 aromatic carbocycles. The van der Waals surface area contributed by atoms with Crippen molar-refractivity contribution in [3.8, 4) is 0 Å². The van der Waals surface area contributed by atoms with Gasteiger partial charge in [-0.05, 0) is 37.0 Å². The standard InChI is InChI=1S/C15H20N2S/c1-2-14-8-9-15(18-14)11-13(17-16)10-12-6-4-3-5-7-12/h3-9,13,17H,2,10-11,16H2,1H3. The van der Waals surface area contributed by atoms with E-state index in [9.17, 15) is 0 Å². The molecule has 1 atom stereocenters. The van der Waals surface area contributed by atoms with E-state index in [1.54, 1.807) is 0 Å². The van der Waals surface area contributed by atoms with Crippen molar-refractivity contribution in [3.63, 3.8) is 0 Å². The molecule has 3 N–H and O–H groups in total. The molecule has 96 valence electrons. The third kappa shape index (κ3) is 3.67. The molecular formula is C15H20N2S. The summed E-state index contributed by atoms with van der Waals surface area (Å²) < 4.78 is 0. The van der Waals surface area contributed by atoms with E-state index in [0.29, 0.717) is 6.04 Å². The predicted molar refractivity (Wildman–Crippen MR) is 78.7 cm³/mol. The van der Waals surface area contributed by atoms with Gasteiger partial charge in [-0.3, -0.25) is 11.3 Å².